The minimum absolute atomic E-state index is 0.0611. The van der Waals surface area contributed by atoms with Crippen molar-refractivity contribution in [3.63, 3.8) is 0 Å². The third-order valence-corrected chi connectivity index (χ3v) is 4.06. The molecule has 0 fully saturated rings. The smallest absolute Gasteiger partial charge is 0.258 e. The van der Waals surface area contributed by atoms with Crippen LogP contribution in [0.25, 0.3) is 10.8 Å². The average molecular weight is 346 g/mol. The van der Waals surface area contributed by atoms with Gasteiger partial charge in [0.05, 0.1) is 12.6 Å². The highest BCUT2D eigenvalue weighted by Crippen LogP contribution is 2.22. The first-order valence-corrected chi connectivity index (χ1v) is 8.06. The van der Waals surface area contributed by atoms with Gasteiger partial charge in [-0.1, -0.05) is 17.7 Å². The Hall–Kier alpha value is -2.33. The van der Waals surface area contributed by atoms with Crippen LogP contribution >= 0.6 is 11.6 Å². The molecule has 1 heterocycles. The normalized spacial score (nSPS) is 11.2. The summed E-state index contributed by atoms with van der Waals surface area (Å²) >= 11 is 6.05. The fourth-order valence-corrected chi connectivity index (χ4v) is 2.81. The van der Waals surface area contributed by atoms with Crippen LogP contribution in [0.2, 0.25) is 5.02 Å². The molecule has 0 atom stereocenters. The van der Waals surface area contributed by atoms with E-state index in [0.29, 0.717) is 21.7 Å². The quantitative estimate of drug-likeness (QED) is 0.690. The predicted molar refractivity (Wildman–Crippen MR) is 94.5 cm³/mol. The molecule has 0 spiro atoms. The van der Waals surface area contributed by atoms with Gasteiger partial charge >= 0.3 is 0 Å². The van der Waals surface area contributed by atoms with Crippen molar-refractivity contribution in [3.8, 4) is 5.75 Å². The maximum Gasteiger partial charge on any atom is 0.258 e. The van der Waals surface area contributed by atoms with E-state index in [9.17, 15) is 9.18 Å². The SMILES string of the molecule is CC(C)Oc1ccc2c(=O)n(Cc3c(F)cccc3Cl)ccc2c1. The van der Waals surface area contributed by atoms with Crippen LogP contribution in [0, 0.1) is 5.82 Å². The molecule has 3 rings (SSSR count). The molecule has 0 N–H and O–H groups in total. The monoisotopic (exact) mass is 345 g/mol. The number of pyridine rings is 1. The highest BCUT2D eigenvalue weighted by molar-refractivity contribution is 6.31. The number of halogens is 2. The summed E-state index contributed by atoms with van der Waals surface area (Å²) in [5.74, 6) is 0.293. The molecule has 0 amide bonds. The molecule has 0 saturated carbocycles. The van der Waals surface area contributed by atoms with Crippen molar-refractivity contribution in [1.29, 1.82) is 0 Å². The van der Waals surface area contributed by atoms with Crippen LogP contribution in [0.5, 0.6) is 5.75 Å². The van der Waals surface area contributed by atoms with Crippen molar-refractivity contribution in [2.24, 2.45) is 0 Å². The molecule has 3 nitrogen and oxygen atoms in total. The van der Waals surface area contributed by atoms with Crippen molar-refractivity contribution >= 4 is 22.4 Å². The molecule has 0 saturated heterocycles. The van der Waals surface area contributed by atoms with Gasteiger partial charge in [0.1, 0.15) is 11.6 Å². The zero-order valence-electron chi connectivity index (χ0n) is 13.4. The Labute approximate surface area is 144 Å². The Balaban J connectivity index is 2.02. The van der Waals surface area contributed by atoms with E-state index in [1.54, 1.807) is 30.5 Å². The maximum atomic E-state index is 13.9. The molecular weight excluding hydrogens is 329 g/mol. The van der Waals surface area contributed by atoms with Crippen molar-refractivity contribution in [3.05, 3.63) is 75.4 Å². The molecule has 0 bridgehead atoms. The van der Waals surface area contributed by atoms with Gasteiger partial charge in [0, 0.05) is 22.2 Å². The Morgan fingerprint density at radius 3 is 2.71 bits per heavy atom. The summed E-state index contributed by atoms with van der Waals surface area (Å²) in [6, 6.07) is 11.6. The van der Waals surface area contributed by atoms with Crippen molar-refractivity contribution in [2.75, 3.05) is 0 Å². The lowest BCUT2D eigenvalue weighted by Crippen LogP contribution is -2.20. The summed E-state index contributed by atoms with van der Waals surface area (Å²) in [6.07, 6.45) is 1.71. The van der Waals surface area contributed by atoms with E-state index in [4.69, 9.17) is 16.3 Å². The maximum absolute atomic E-state index is 13.9. The van der Waals surface area contributed by atoms with Crippen LogP contribution in [-0.2, 0) is 6.54 Å². The Bertz CT molecular complexity index is 929. The fourth-order valence-electron chi connectivity index (χ4n) is 2.59. The lowest BCUT2D eigenvalue weighted by atomic mass is 10.1. The topological polar surface area (TPSA) is 31.2 Å². The van der Waals surface area contributed by atoms with E-state index < -0.39 is 5.82 Å². The van der Waals surface area contributed by atoms with E-state index >= 15 is 0 Å². The summed E-state index contributed by atoms with van der Waals surface area (Å²) in [4.78, 5) is 12.6. The van der Waals surface area contributed by atoms with Crippen LogP contribution < -0.4 is 10.3 Å². The molecule has 0 radical (unpaired) electrons. The molecule has 0 unspecified atom stereocenters. The lowest BCUT2D eigenvalue weighted by Gasteiger charge is -2.12. The summed E-state index contributed by atoms with van der Waals surface area (Å²) in [5, 5.41) is 1.65. The van der Waals surface area contributed by atoms with E-state index in [2.05, 4.69) is 0 Å². The van der Waals surface area contributed by atoms with Crippen LogP contribution in [-0.4, -0.2) is 10.7 Å². The van der Waals surface area contributed by atoms with E-state index in [1.807, 2.05) is 26.0 Å². The predicted octanol–water partition coefficient (Wildman–Crippen LogP) is 4.63. The number of ether oxygens (including phenoxy) is 1. The number of rotatable bonds is 4. The molecule has 24 heavy (non-hydrogen) atoms. The Morgan fingerprint density at radius 2 is 2.00 bits per heavy atom. The first kappa shape index (κ1) is 16.5. The molecule has 5 heteroatoms. The highest BCUT2D eigenvalue weighted by atomic mass is 35.5. The second-order valence-electron chi connectivity index (χ2n) is 5.86. The van der Waals surface area contributed by atoms with Crippen molar-refractivity contribution in [2.45, 2.75) is 26.5 Å². The van der Waals surface area contributed by atoms with Gasteiger partial charge in [0.15, 0.2) is 0 Å². The van der Waals surface area contributed by atoms with Crippen LogP contribution in [0.15, 0.2) is 53.5 Å². The van der Waals surface area contributed by atoms with Gasteiger partial charge in [-0.2, -0.15) is 0 Å². The minimum Gasteiger partial charge on any atom is -0.491 e. The van der Waals surface area contributed by atoms with Crippen LogP contribution in [0.3, 0.4) is 0 Å². The van der Waals surface area contributed by atoms with Gasteiger partial charge < -0.3 is 9.30 Å². The Kier molecular flexibility index (Phi) is 4.58. The summed E-state index contributed by atoms with van der Waals surface area (Å²) in [6.45, 7) is 3.98. The van der Waals surface area contributed by atoms with Gasteiger partial charge in [-0.3, -0.25) is 4.79 Å². The van der Waals surface area contributed by atoms with E-state index in [-0.39, 0.29) is 18.2 Å². The third kappa shape index (κ3) is 3.29. The van der Waals surface area contributed by atoms with Gasteiger partial charge in [0.25, 0.3) is 5.56 Å². The zero-order valence-corrected chi connectivity index (χ0v) is 14.2. The van der Waals surface area contributed by atoms with Crippen molar-refractivity contribution < 1.29 is 9.13 Å². The third-order valence-electron chi connectivity index (χ3n) is 3.71. The van der Waals surface area contributed by atoms with E-state index in [1.165, 1.54) is 10.6 Å². The second-order valence-corrected chi connectivity index (χ2v) is 6.27. The summed E-state index contributed by atoms with van der Waals surface area (Å²) in [7, 11) is 0. The summed E-state index contributed by atoms with van der Waals surface area (Å²) in [5.41, 5.74) is 0.114. The number of hydrogen-bond acceptors (Lipinski definition) is 2. The molecular formula is C19H17ClFNO2. The molecule has 124 valence electrons. The number of hydrogen-bond donors (Lipinski definition) is 0. The minimum atomic E-state index is -0.421. The van der Waals surface area contributed by atoms with Gasteiger partial charge in [-0.05, 0) is 55.6 Å². The molecule has 0 aliphatic rings. The zero-order chi connectivity index (χ0) is 17.3. The first-order chi connectivity index (χ1) is 11.5. The van der Waals surface area contributed by atoms with Crippen LogP contribution in [0.4, 0.5) is 4.39 Å². The van der Waals surface area contributed by atoms with Crippen molar-refractivity contribution in [1.82, 2.24) is 4.57 Å². The number of fused-ring (bicyclic) bond motifs is 1. The first-order valence-electron chi connectivity index (χ1n) is 7.68. The molecule has 0 aliphatic heterocycles. The van der Waals surface area contributed by atoms with Gasteiger partial charge in [-0.15, -0.1) is 0 Å². The average Bonchev–Trinajstić information content (AvgIpc) is 2.52. The van der Waals surface area contributed by atoms with Gasteiger partial charge in [0.2, 0.25) is 0 Å². The standard InChI is InChI=1S/C19H17ClFNO2/c1-12(2)24-14-6-7-15-13(10-14)8-9-22(19(15)23)11-16-17(20)4-3-5-18(16)21/h3-10,12H,11H2,1-2H3. The second kappa shape index (κ2) is 6.65. The molecule has 1 aromatic heterocycles. The summed E-state index contributed by atoms with van der Waals surface area (Å²) < 4.78 is 21.0. The van der Waals surface area contributed by atoms with Gasteiger partial charge in [-0.25, -0.2) is 4.39 Å². The Morgan fingerprint density at radius 1 is 1.21 bits per heavy atom. The number of benzene rings is 2. The lowest BCUT2D eigenvalue weighted by molar-refractivity contribution is 0.243. The molecule has 0 aliphatic carbocycles. The number of nitrogens with zero attached hydrogens (tertiary/aromatic N) is 1. The van der Waals surface area contributed by atoms with E-state index in [0.717, 1.165) is 5.39 Å². The van der Waals surface area contributed by atoms with Crippen LogP contribution in [0.1, 0.15) is 19.4 Å². The molecule has 2 aromatic carbocycles. The highest BCUT2D eigenvalue weighted by Gasteiger charge is 2.10. The fraction of sp³-hybridized carbons (Fsp3) is 0.211. The number of aromatic nitrogens is 1. The molecule has 3 aromatic rings. The largest absolute Gasteiger partial charge is 0.491 e.